The normalized spacial score (nSPS) is 23.3. The highest BCUT2D eigenvalue weighted by Gasteiger charge is 2.56. The summed E-state index contributed by atoms with van der Waals surface area (Å²) in [5.41, 5.74) is 3.82. The van der Waals surface area contributed by atoms with E-state index < -0.39 is 41.2 Å². The Morgan fingerprint density at radius 1 is 1.15 bits per heavy atom. The van der Waals surface area contributed by atoms with Gasteiger partial charge in [0.15, 0.2) is 5.69 Å². The van der Waals surface area contributed by atoms with Gasteiger partial charge in [0.05, 0.1) is 0 Å². The zero-order chi connectivity index (χ0) is 23.9. The summed E-state index contributed by atoms with van der Waals surface area (Å²) in [5.74, 6) is -0.995. The van der Waals surface area contributed by atoms with Gasteiger partial charge in [-0.2, -0.15) is 0 Å². The van der Waals surface area contributed by atoms with E-state index in [1.165, 1.54) is 9.47 Å². The summed E-state index contributed by atoms with van der Waals surface area (Å²) in [6, 6.07) is -0.905. The number of nitrogen functional groups attached to an aromatic ring is 1. The van der Waals surface area contributed by atoms with Crippen molar-refractivity contribution in [3.05, 3.63) is 20.8 Å². The molecular formula is C22H32N6O5. The van der Waals surface area contributed by atoms with Crippen LogP contribution in [-0.2, 0) is 16.1 Å². The first-order chi connectivity index (χ1) is 15.7. The van der Waals surface area contributed by atoms with Crippen LogP contribution in [0.1, 0.15) is 65.2 Å². The number of anilines is 2. The minimum atomic E-state index is -1.00. The number of rotatable bonds is 8. The molecule has 2 heterocycles. The Hall–Kier alpha value is -3.11. The van der Waals surface area contributed by atoms with E-state index in [9.17, 15) is 24.0 Å². The number of amides is 4. The van der Waals surface area contributed by atoms with Crippen molar-refractivity contribution in [2.75, 3.05) is 17.2 Å². The molecule has 33 heavy (non-hydrogen) atoms. The molecular weight excluding hydrogens is 428 g/mol. The molecule has 11 nitrogen and oxygen atoms in total. The number of nitrogens with two attached hydrogens (primary N) is 1. The van der Waals surface area contributed by atoms with Crippen molar-refractivity contribution >= 4 is 29.4 Å². The van der Waals surface area contributed by atoms with Gasteiger partial charge in [-0.1, -0.05) is 26.2 Å². The molecule has 0 aromatic carbocycles. The average molecular weight is 461 g/mol. The second-order valence-corrected chi connectivity index (χ2v) is 9.50. The maximum Gasteiger partial charge on any atom is 0.330 e. The largest absolute Gasteiger partial charge is 0.383 e. The van der Waals surface area contributed by atoms with E-state index in [0.717, 1.165) is 37.0 Å². The van der Waals surface area contributed by atoms with Gasteiger partial charge >= 0.3 is 11.7 Å². The summed E-state index contributed by atoms with van der Waals surface area (Å²) < 4.78 is 1.27. The Morgan fingerprint density at radius 3 is 2.42 bits per heavy atom. The van der Waals surface area contributed by atoms with Crippen molar-refractivity contribution in [2.24, 2.45) is 5.92 Å². The van der Waals surface area contributed by atoms with Crippen LogP contribution >= 0.6 is 0 Å². The van der Waals surface area contributed by atoms with Crippen LogP contribution in [0.2, 0.25) is 0 Å². The summed E-state index contributed by atoms with van der Waals surface area (Å²) in [7, 11) is 0. The van der Waals surface area contributed by atoms with Crippen LogP contribution in [0.15, 0.2) is 9.59 Å². The number of nitrogens with one attached hydrogen (secondary N) is 2. The van der Waals surface area contributed by atoms with Crippen molar-refractivity contribution < 1.29 is 14.4 Å². The van der Waals surface area contributed by atoms with Crippen LogP contribution in [0.3, 0.4) is 0 Å². The minimum Gasteiger partial charge on any atom is -0.383 e. The molecule has 2 aliphatic carbocycles. The molecule has 0 radical (unpaired) electrons. The van der Waals surface area contributed by atoms with Gasteiger partial charge in [0.2, 0.25) is 5.91 Å². The standard InChI is InChI=1S/C22H32N6O5/c1-3-4-11-26-17(23)16(18(30)24-20(26)32)28(14-7-5-6-8-14)15(29)12-27-19(31)22(2,13-9-10-13)25-21(27)33/h13-14H,3-12,23H2,1-2H3,(H,25,33)(H,24,30,32)/t22-/m1/s1. The molecule has 1 atom stereocenters. The number of hydrogen-bond donors (Lipinski definition) is 3. The highest BCUT2D eigenvalue weighted by molar-refractivity contribution is 6.11. The van der Waals surface area contributed by atoms with Crippen LogP contribution < -0.4 is 27.2 Å². The first-order valence-electron chi connectivity index (χ1n) is 11.8. The fraction of sp³-hybridized carbons (Fsp3) is 0.682. The van der Waals surface area contributed by atoms with Gasteiger partial charge in [-0.15, -0.1) is 0 Å². The lowest BCUT2D eigenvalue weighted by Gasteiger charge is -2.31. The van der Waals surface area contributed by atoms with E-state index >= 15 is 0 Å². The molecule has 0 spiro atoms. The van der Waals surface area contributed by atoms with Crippen molar-refractivity contribution in [1.82, 2.24) is 19.8 Å². The number of unbranched alkanes of at least 4 members (excludes halogenated alkanes) is 1. The van der Waals surface area contributed by atoms with E-state index in [1.807, 2.05) is 6.92 Å². The van der Waals surface area contributed by atoms with Gasteiger partial charge in [0.1, 0.15) is 17.9 Å². The molecule has 4 N–H and O–H groups in total. The minimum absolute atomic E-state index is 0.0700. The third-order valence-corrected chi connectivity index (χ3v) is 7.14. The third-order valence-electron chi connectivity index (χ3n) is 7.14. The highest BCUT2D eigenvalue weighted by atomic mass is 16.2. The average Bonchev–Trinajstić information content (AvgIpc) is 3.45. The third kappa shape index (κ3) is 4.04. The molecule has 3 fully saturated rings. The van der Waals surface area contributed by atoms with E-state index in [-0.39, 0.29) is 23.5 Å². The summed E-state index contributed by atoms with van der Waals surface area (Å²) in [4.78, 5) is 68.9. The van der Waals surface area contributed by atoms with Crippen molar-refractivity contribution in [2.45, 2.75) is 83.3 Å². The van der Waals surface area contributed by atoms with Gasteiger partial charge in [-0.3, -0.25) is 33.7 Å². The van der Waals surface area contributed by atoms with Crippen LogP contribution in [-0.4, -0.2) is 50.4 Å². The van der Waals surface area contributed by atoms with E-state index in [4.69, 9.17) is 5.73 Å². The van der Waals surface area contributed by atoms with Gasteiger partial charge in [0.25, 0.3) is 11.5 Å². The molecule has 3 aliphatic rings. The number of imide groups is 1. The highest BCUT2D eigenvalue weighted by Crippen LogP contribution is 2.42. The molecule has 1 aromatic heterocycles. The van der Waals surface area contributed by atoms with Gasteiger partial charge in [-0.05, 0) is 44.9 Å². The predicted octanol–water partition coefficient (Wildman–Crippen LogP) is 0.915. The van der Waals surface area contributed by atoms with Crippen LogP contribution in [0.4, 0.5) is 16.3 Å². The zero-order valence-corrected chi connectivity index (χ0v) is 19.2. The number of aromatic amines is 1. The van der Waals surface area contributed by atoms with Gasteiger partial charge < -0.3 is 11.1 Å². The summed E-state index contributed by atoms with van der Waals surface area (Å²) in [5, 5.41) is 2.74. The first kappa shape index (κ1) is 23.1. The molecule has 2 saturated carbocycles. The number of nitrogens with zero attached hydrogens (tertiary/aromatic N) is 3. The summed E-state index contributed by atoms with van der Waals surface area (Å²) in [6.45, 7) is 3.48. The zero-order valence-electron chi connectivity index (χ0n) is 19.2. The number of hydrogen-bond acceptors (Lipinski definition) is 6. The Balaban J connectivity index is 1.68. The van der Waals surface area contributed by atoms with Crippen LogP contribution in [0, 0.1) is 5.92 Å². The molecule has 1 saturated heterocycles. The molecule has 0 unspecified atom stereocenters. The van der Waals surface area contributed by atoms with Crippen molar-refractivity contribution in [1.29, 1.82) is 0 Å². The van der Waals surface area contributed by atoms with E-state index in [0.29, 0.717) is 25.8 Å². The molecule has 0 bridgehead atoms. The maximum absolute atomic E-state index is 13.5. The lowest BCUT2D eigenvalue weighted by atomic mass is 9.96. The maximum atomic E-state index is 13.5. The number of carbonyl (C=O) groups excluding carboxylic acids is 3. The summed E-state index contributed by atoms with van der Waals surface area (Å²) >= 11 is 0. The fourth-order valence-electron chi connectivity index (χ4n) is 5.03. The van der Waals surface area contributed by atoms with Gasteiger partial charge in [0, 0.05) is 12.6 Å². The molecule has 11 heteroatoms. The molecule has 1 aromatic rings. The number of H-pyrrole nitrogens is 1. The molecule has 1 aliphatic heterocycles. The number of aromatic nitrogens is 2. The Kier molecular flexibility index (Phi) is 6.06. The number of carbonyl (C=O) groups is 3. The van der Waals surface area contributed by atoms with Crippen LogP contribution in [0.25, 0.3) is 0 Å². The Labute approximate surface area is 191 Å². The SMILES string of the molecule is CCCCn1c(N)c(N(C(=O)CN2C(=O)N[C@](C)(C3CC3)C2=O)C2CCCC2)c(=O)[nH]c1=O. The first-order valence-corrected chi connectivity index (χ1v) is 11.8. The Bertz CT molecular complexity index is 1080. The van der Waals surface area contributed by atoms with Crippen LogP contribution in [0.5, 0.6) is 0 Å². The molecule has 180 valence electrons. The molecule has 4 amide bonds. The smallest absolute Gasteiger partial charge is 0.330 e. The lowest BCUT2D eigenvalue weighted by Crippen LogP contribution is -2.51. The summed E-state index contributed by atoms with van der Waals surface area (Å²) in [6.07, 6.45) is 6.28. The second-order valence-electron chi connectivity index (χ2n) is 9.50. The quantitative estimate of drug-likeness (QED) is 0.491. The van der Waals surface area contributed by atoms with E-state index in [2.05, 4.69) is 10.3 Å². The fourth-order valence-corrected chi connectivity index (χ4v) is 5.03. The monoisotopic (exact) mass is 460 g/mol. The molecule has 4 rings (SSSR count). The Morgan fingerprint density at radius 2 is 1.82 bits per heavy atom. The van der Waals surface area contributed by atoms with Gasteiger partial charge in [-0.25, -0.2) is 9.59 Å². The lowest BCUT2D eigenvalue weighted by molar-refractivity contribution is -0.134. The van der Waals surface area contributed by atoms with Crippen molar-refractivity contribution in [3.63, 3.8) is 0 Å². The second kappa shape index (κ2) is 8.68. The van der Waals surface area contributed by atoms with Crippen molar-refractivity contribution in [3.8, 4) is 0 Å². The van der Waals surface area contributed by atoms with E-state index in [1.54, 1.807) is 6.92 Å². The topological polar surface area (TPSA) is 151 Å². The number of urea groups is 1. The predicted molar refractivity (Wildman–Crippen MR) is 122 cm³/mol.